The molecule has 1 atom stereocenters. The zero-order valence-electron chi connectivity index (χ0n) is 10.1. The molecule has 0 aromatic heterocycles. The SMILES string of the molecule is Cc1ccc(C(N)CSC(C)C)cc1C. The monoisotopic (exact) mass is 223 g/mol. The van der Waals surface area contributed by atoms with Crippen LogP contribution in [-0.4, -0.2) is 11.0 Å². The predicted octanol–water partition coefficient (Wildman–Crippen LogP) is 3.44. The van der Waals surface area contributed by atoms with Crippen LogP contribution in [0.3, 0.4) is 0 Å². The van der Waals surface area contributed by atoms with Crippen molar-refractivity contribution in [3.8, 4) is 0 Å². The van der Waals surface area contributed by atoms with E-state index in [1.54, 1.807) is 0 Å². The van der Waals surface area contributed by atoms with Gasteiger partial charge in [0.1, 0.15) is 0 Å². The molecule has 0 bridgehead atoms. The van der Waals surface area contributed by atoms with E-state index in [1.165, 1.54) is 16.7 Å². The molecule has 1 nitrogen and oxygen atoms in total. The minimum atomic E-state index is 0.164. The molecule has 0 spiro atoms. The van der Waals surface area contributed by atoms with Gasteiger partial charge < -0.3 is 5.73 Å². The molecule has 0 aliphatic carbocycles. The number of nitrogens with two attached hydrogens (primary N) is 1. The van der Waals surface area contributed by atoms with Gasteiger partial charge in [-0.05, 0) is 35.8 Å². The molecule has 84 valence electrons. The van der Waals surface area contributed by atoms with E-state index in [9.17, 15) is 0 Å². The summed E-state index contributed by atoms with van der Waals surface area (Å²) in [7, 11) is 0. The van der Waals surface area contributed by atoms with E-state index in [2.05, 4.69) is 45.9 Å². The molecule has 0 saturated heterocycles. The summed E-state index contributed by atoms with van der Waals surface area (Å²) in [6.45, 7) is 8.68. The summed E-state index contributed by atoms with van der Waals surface area (Å²) >= 11 is 1.92. The van der Waals surface area contributed by atoms with Crippen molar-refractivity contribution in [3.63, 3.8) is 0 Å². The molecule has 2 heteroatoms. The van der Waals surface area contributed by atoms with Crippen LogP contribution in [0.15, 0.2) is 18.2 Å². The maximum atomic E-state index is 6.14. The molecule has 0 saturated carbocycles. The fourth-order valence-corrected chi connectivity index (χ4v) is 2.17. The minimum Gasteiger partial charge on any atom is -0.323 e. The molecule has 1 aromatic rings. The van der Waals surface area contributed by atoms with Gasteiger partial charge in [0.05, 0.1) is 0 Å². The molecular weight excluding hydrogens is 202 g/mol. The standard InChI is InChI=1S/C13H21NS/c1-9(2)15-8-13(14)12-6-5-10(3)11(4)7-12/h5-7,9,13H,8,14H2,1-4H3. The Morgan fingerprint density at radius 1 is 1.20 bits per heavy atom. The van der Waals surface area contributed by atoms with Crippen molar-refractivity contribution in [1.82, 2.24) is 0 Å². The summed E-state index contributed by atoms with van der Waals surface area (Å²) in [5.41, 5.74) is 10.1. The zero-order chi connectivity index (χ0) is 11.4. The maximum Gasteiger partial charge on any atom is 0.0386 e. The molecule has 1 unspecified atom stereocenters. The first-order valence-electron chi connectivity index (χ1n) is 5.45. The molecule has 2 N–H and O–H groups in total. The van der Waals surface area contributed by atoms with Gasteiger partial charge in [-0.1, -0.05) is 32.0 Å². The first-order chi connectivity index (χ1) is 7.00. The van der Waals surface area contributed by atoms with Crippen LogP contribution in [0.2, 0.25) is 0 Å². The van der Waals surface area contributed by atoms with Crippen molar-refractivity contribution in [3.05, 3.63) is 34.9 Å². The van der Waals surface area contributed by atoms with Crippen molar-refractivity contribution in [2.24, 2.45) is 5.73 Å². The molecule has 0 aliphatic rings. The Morgan fingerprint density at radius 2 is 1.87 bits per heavy atom. The number of hydrogen-bond acceptors (Lipinski definition) is 2. The fraction of sp³-hybridized carbons (Fsp3) is 0.538. The quantitative estimate of drug-likeness (QED) is 0.846. The van der Waals surface area contributed by atoms with Gasteiger partial charge in [0, 0.05) is 11.8 Å². The molecule has 0 heterocycles. The molecule has 15 heavy (non-hydrogen) atoms. The highest BCUT2D eigenvalue weighted by Crippen LogP contribution is 2.21. The molecule has 0 amide bonds. The normalized spacial score (nSPS) is 13.2. The average Bonchev–Trinajstić information content (AvgIpc) is 2.18. The van der Waals surface area contributed by atoms with Gasteiger partial charge in [-0.3, -0.25) is 0 Å². The molecule has 1 rings (SSSR count). The molecule has 0 radical (unpaired) electrons. The van der Waals surface area contributed by atoms with E-state index in [1.807, 2.05) is 11.8 Å². The van der Waals surface area contributed by atoms with Crippen LogP contribution >= 0.6 is 11.8 Å². The van der Waals surface area contributed by atoms with Crippen LogP contribution in [0.4, 0.5) is 0 Å². The lowest BCUT2D eigenvalue weighted by Crippen LogP contribution is -2.14. The van der Waals surface area contributed by atoms with E-state index in [0.29, 0.717) is 5.25 Å². The smallest absolute Gasteiger partial charge is 0.0386 e. The third-order valence-electron chi connectivity index (χ3n) is 2.57. The lowest BCUT2D eigenvalue weighted by molar-refractivity contribution is 0.826. The lowest BCUT2D eigenvalue weighted by Gasteiger charge is -2.14. The number of rotatable bonds is 4. The summed E-state index contributed by atoms with van der Waals surface area (Å²) in [4.78, 5) is 0. The number of thioether (sulfide) groups is 1. The van der Waals surface area contributed by atoms with Crippen LogP contribution in [-0.2, 0) is 0 Å². The highest BCUT2D eigenvalue weighted by atomic mass is 32.2. The van der Waals surface area contributed by atoms with Crippen molar-refractivity contribution in [2.75, 3.05) is 5.75 Å². The van der Waals surface area contributed by atoms with Gasteiger partial charge >= 0.3 is 0 Å². The molecule has 0 aliphatic heterocycles. The van der Waals surface area contributed by atoms with Crippen molar-refractivity contribution in [2.45, 2.75) is 39.0 Å². The van der Waals surface area contributed by atoms with Gasteiger partial charge in [0.2, 0.25) is 0 Å². The van der Waals surface area contributed by atoms with Gasteiger partial charge in [-0.25, -0.2) is 0 Å². The second-order valence-corrected chi connectivity index (χ2v) is 5.94. The number of hydrogen-bond donors (Lipinski definition) is 1. The van der Waals surface area contributed by atoms with Crippen molar-refractivity contribution >= 4 is 11.8 Å². The fourth-order valence-electron chi connectivity index (χ4n) is 1.39. The van der Waals surface area contributed by atoms with E-state index >= 15 is 0 Å². The Hall–Kier alpha value is -0.470. The Kier molecular flexibility index (Phi) is 4.68. The first kappa shape index (κ1) is 12.6. The molecule has 0 fully saturated rings. The van der Waals surface area contributed by atoms with Crippen LogP contribution in [0, 0.1) is 13.8 Å². The highest BCUT2D eigenvalue weighted by molar-refractivity contribution is 7.99. The first-order valence-corrected chi connectivity index (χ1v) is 6.50. The van der Waals surface area contributed by atoms with Gasteiger partial charge in [0.15, 0.2) is 0 Å². The van der Waals surface area contributed by atoms with Gasteiger partial charge in [-0.2, -0.15) is 11.8 Å². The third kappa shape index (κ3) is 3.88. The van der Waals surface area contributed by atoms with Gasteiger partial charge in [-0.15, -0.1) is 0 Å². The van der Waals surface area contributed by atoms with Crippen molar-refractivity contribution < 1.29 is 0 Å². The summed E-state index contributed by atoms with van der Waals surface area (Å²) in [6.07, 6.45) is 0. The third-order valence-corrected chi connectivity index (χ3v) is 3.79. The largest absolute Gasteiger partial charge is 0.323 e. The zero-order valence-corrected chi connectivity index (χ0v) is 10.9. The topological polar surface area (TPSA) is 26.0 Å². The van der Waals surface area contributed by atoms with Crippen LogP contribution in [0.1, 0.15) is 36.6 Å². The molecule has 1 aromatic carbocycles. The Balaban J connectivity index is 2.65. The van der Waals surface area contributed by atoms with E-state index in [4.69, 9.17) is 5.73 Å². The van der Waals surface area contributed by atoms with E-state index < -0.39 is 0 Å². The summed E-state index contributed by atoms with van der Waals surface area (Å²) in [5, 5.41) is 0.655. The predicted molar refractivity (Wildman–Crippen MR) is 70.4 cm³/mol. The Morgan fingerprint density at radius 3 is 2.40 bits per heavy atom. The average molecular weight is 223 g/mol. The summed E-state index contributed by atoms with van der Waals surface area (Å²) < 4.78 is 0. The Labute approximate surface area is 97.4 Å². The van der Waals surface area contributed by atoms with E-state index in [-0.39, 0.29) is 6.04 Å². The number of benzene rings is 1. The van der Waals surface area contributed by atoms with E-state index in [0.717, 1.165) is 5.75 Å². The second kappa shape index (κ2) is 5.57. The lowest BCUT2D eigenvalue weighted by atomic mass is 10.0. The molecular formula is C13H21NS. The number of aryl methyl sites for hydroxylation is 2. The maximum absolute atomic E-state index is 6.14. The summed E-state index contributed by atoms with van der Waals surface area (Å²) in [6, 6.07) is 6.68. The second-order valence-electron chi connectivity index (χ2n) is 4.33. The van der Waals surface area contributed by atoms with Crippen LogP contribution < -0.4 is 5.73 Å². The summed E-state index contributed by atoms with van der Waals surface area (Å²) in [5.74, 6) is 1.00. The minimum absolute atomic E-state index is 0.164. The Bertz CT molecular complexity index is 320. The highest BCUT2D eigenvalue weighted by Gasteiger charge is 2.07. The van der Waals surface area contributed by atoms with Gasteiger partial charge in [0.25, 0.3) is 0 Å². The van der Waals surface area contributed by atoms with Crippen molar-refractivity contribution in [1.29, 1.82) is 0 Å². The van der Waals surface area contributed by atoms with Crippen LogP contribution in [0.25, 0.3) is 0 Å². The van der Waals surface area contributed by atoms with Crippen LogP contribution in [0.5, 0.6) is 0 Å².